The van der Waals surface area contributed by atoms with Crippen LogP contribution in [0.25, 0.3) is 22.1 Å². The molecule has 0 bridgehead atoms. The smallest absolute Gasteiger partial charge is 0.119 e. The van der Waals surface area contributed by atoms with Gasteiger partial charge in [-0.15, -0.1) is 0 Å². The number of anilines is 2. The van der Waals surface area contributed by atoms with Crippen LogP contribution in [-0.2, 0) is 12.8 Å². The summed E-state index contributed by atoms with van der Waals surface area (Å²) in [5, 5.41) is 3.55. The summed E-state index contributed by atoms with van der Waals surface area (Å²) in [5.74, 6) is 0. The first kappa shape index (κ1) is 15.5. The molecule has 128 valence electrons. The largest absolute Gasteiger partial charge is 0.352 e. The van der Waals surface area contributed by atoms with Crippen LogP contribution in [0.1, 0.15) is 25.2 Å². The zero-order valence-corrected chi connectivity index (χ0v) is 15.4. The molecule has 2 aromatic carbocycles. The Balaban J connectivity index is 1.90. The lowest BCUT2D eigenvalue weighted by atomic mass is 10.1. The molecule has 1 aliphatic heterocycles. The Morgan fingerprint density at radius 1 is 0.846 bits per heavy atom. The van der Waals surface area contributed by atoms with Crippen LogP contribution in [0.2, 0.25) is 0 Å². The zero-order valence-electron chi connectivity index (χ0n) is 14.6. The first-order chi connectivity index (χ1) is 12.8. The van der Waals surface area contributed by atoms with Crippen molar-refractivity contribution in [3.8, 4) is 0 Å². The normalized spacial score (nSPS) is 12.7. The molecule has 0 amide bonds. The molecule has 2 aromatic heterocycles. The van der Waals surface area contributed by atoms with Crippen molar-refractivity contribution in [1.29, 1.82) is 0 Å². The first-order valence-electron chi connectivity index (χ1n) is 8.79. The number of hydrogen-bond acceptors (Lipinski definition) is 6. The van der Waals surface area contributed by atoms with Gasteiger partial charge < -0.3 is 5.32 Å². The Bertz CT molecular complexity index is 1080. The second kappa shape index (κ2) is 5.92. The van der Waals surface area contributed by atoms with Crippen LogP contribution in [0, 0.1) is 0 Å². The summed E-state index contributed by atoms with van der Waals surface area (Å²) in [7, 11) is 0. The van der Waals surface area contributed by atoms with E-state index in [0.29, 0.717) is 0 Å². The highest BCUT2D eigenvalue weighted by atomic mass is 32.2. The summed E-state index contributed by atoms with van der Waals surface area (Å²) < 4.78 is 0. The van der Waals surface area contributed by atoms with Crippen molar-refractivity contribution < 1.29 is 0 Å². The molecular weight excluding hydrogens is 342 g/mol. The monoisotopic (exact) mass is 359 g/mol. The molecule has 1 aliphatic rings. The number of para-hydroxylation sites is 1. The van der Waals surface area contributed by atoms with E-state index in [1.54, 1.807) is 11.8 Å². The van der Waals surface area contributed by atoms with Gasteiger partial charge in [-0.25, -0.2) is 9.97 Å². The minimum atomic E-state index is 0.827. The highest BCUT2D eigenvalue weighted by Gasteiger charge is 2.24. The highest BCUT2D eigenvalue weighted by Crippen LogP contribution is 2.49. The van der Waals surface area contributed by atoms with Gasteiger partial charge in [-0.05, 0) is 25.0 Å². The van der Waals surface area contributed by atoms with Crippen molar-refractivity contribution in [2.75, 3.05) is 5.32 Å². The Labute approximate surface area is 155 Å². The predicted octanol–water partition coefficient (Wildman–Crippen LogP) is 4.91. The Kier molecular flexibility index (Phi) is 3.53. The van der Waals surface area contributed by atoms with Gasteiger partial charge in [0.15, 0.2) is 0 Å². The van der Waals surface area contributed by atoms with Crippen LogP contribution in [0.15, 0.2) is 46.5 Å². The number of fused-ring (bicyclic) bond motifs is 7. The van der Waals surface area contributed by atoms with Crippen LogP contribution in [0.4, 0.5) is 11.4 Å². The van der Waals surface area contributed by atoms with Gasteiger partial charge >= 0.3 is 0 Å². The molecule has 0 spiro atoms. The van der Waals surface area contributed by atoms with E-state index >= 15 is 0 Å². The number of nitrogens with one attached hydrogen (secondary N) is 1. The zero-order chi connectivity index (χ0) is 17.7. The number of benzene rings is 2. The summed E-state index contributed by atoms with van der Waals surface area (Å²) in [6.45, 7) is 4.18. The molecule has 5 rings (SSSR count). The van der Waals surface area contributed by atoms with Gasteiger partial charge in [0.2, 0.25) is 0 Å². The molecule has 0 unspecified atom stereocenters. The molecule has 0 radical (unpaired) electrons. The van der Waals surface area contributed by atoms with Crippen LogP contribution in [-0.4, -0.2) is 19.9 Å². The van der Waals surface area contributed by atoms with E-state index < -0.39 is 0 Å². The minimum Gasteiger partial charge on any atom is -0.352 e. The second-order valence-electron chi connectivity index (χ2n) is 6.25. The lowest BCUT2D eigenvalue weighted by Crippen LogP contribution is -2.06. The molecule has 6 heteroatoms. The van der Waals surface area contributed by atoms with Crippen molar-refractivity contribution in [2.24, 2.45) is 0 Å². The number of aryl methyl sites for hydroxylation is 2. The van der Waals surface area contributed by atoms with E-state index in [4.69, 9.17) is 19.9 Å². The quantitative estimate of drug-likeness (QED) is 0.452. The van der Waals surface area contributed by atoms with Crippen molar-refractivity contribution in [2.45, 2.75) is 36.5 Å². The minimum absolute atomic E-state index is 0.827. The fourth-order valence-electron chi connectivity index (χ4n) is 3.22. The van der Waals surface area contributed by atoms with E-state index in [2.05, 4.69) is 37.4 Å². The van der Waals surface area contributed by atoms with E-state index in [1.807, 2.05) is 18.5 Å². The molecule has 0 saturated carbocycles. The lowest BCUT2D eigenvalue weighted by molar-refractivity contribution is 1.01. The van der Waals surface area contributed by atoms with Gasteiger partial charge in [0.1, 0.15) is 22.1 Å². The van der Waals surface area contributed by atoms with Crippen LogP contribution in [0.3, 0.4) is 0 Å². The Morgan fingerprint density at radius 3 is 2.23 bits per heavy atom. The molecule has 0 aliphatic carbocycles. The third-order valence-corrected chi connectivity index (χ3v) is 5.81. The molecular formula is C20H17N5S. The summed E-state index contributed by atoms with van der Waals surface area (Å²) in [6.07, 6.45) is 5.41. The summed E-state index contributed by atoms with van der Waals surface area (Å²) in [4.78, 5) is 21.4. The van der Waals surface area contributed by atoms with Gasteiger partial charge in [0.25, 0.3) is 0 Å². The van der Waals surface area contributed by atoms with Gasteiger partial charge in [-0.1, -0.05) is 37.7 Å². The number of aromatic nitrogens is 4. The van der Waals surface area contributed by atoms with Crippen LogP contribution < -0.4 is 5.32 Å². The van der Waals surface area contributed by atoms with Crippen molar-refractivity contribution in [3.63, 3.8) is 0 Å². The SMILES string of the molecule is CCc1cnc2c3c(c4ncc(CC)nc4c2n1)Sc1ccccc1N3. The van der Waals surface area contributed by atoms with Gasteiger partial charge in [-0.2, -0.15) is 0 Å². The molecule has 0 saturated heterocycles. The second-order valence-corrected chi connectivity index (χ2v) is 7.30. The third kappa shape index (κ3) is 2.25. The summed E-state index contributed by atoms with van der Waals surface area (Å²) in [5.41, 5.74) is 7.41. The summed E-state index contributed by atoms with van der Waals surface area (Å²) >= 11 is 1.72. The fraction of sp³-hybridized carbons (Fsp3) is 0.200. The van der Waals surface area contributed by atoms with E-state index in [0.717, 1.165) is 62.6 Å². The molecule has 0 fully saturated rings. The molecule has 1 N–H and O–H groups in total. The third-order valence-electron chi connectivity index (χ3n) is 4.63. The topological polar surface area (TPSA) is 63.6 Å². The van der Waals surface area contributed by atoms with Crippen LogP contribution >= 0.6 is 11.8 Å². The van der Waals surface area contributed by atoms with E-state index in [1.165, 1.54) is 4.90 Å². The van der Waals surface area contributed by atoms with E-state index in [-0.39, 0.29) is 0 Å². The maximum absolute atomic E-state index is 4.86. The standard InChI is InChI=1S/C20H17N5S/c1-3-11-9-21-15-16(23-11)17-18(22-10-12(4-2)24-17)20-19(15)25-13-7-5-6-8-14(13)26-20/h5-10,25H,3-4H2,1-2H3. The maximum atomic E-state index is 4.86. The molecule has 0 atom stereocenters. The summed E-state index contributed by atoms with van der Waals surface area (Å²) in [6, 6.07) is 8.29. The maximum Gasteiger partial charge on any atom is 0.119 e. The van der Waals surface area contributed by atoms with Crippen molar-refractivity contribution in [1.82, 2.24) is 19.9 Å². The molecule has 26 heavy (non-hydrogen) atoms. The number of hydrogen-bond donors (Lipinski definition) is 1. The predicted molar refractivity (Wildman–Crippen MR) is 105 cm³/mol. The lowest BCUT2D eigenvalue weighted by Gasteiger charge is -2.23. The van der Waals surface area contributed by atoms with E-state index in [9.17, 15) is 0 Å². The molecule has 4 aromatic rings. The van der Waals surface area contributed by atoms with Gasteiger partial charge in [0, 0.05) is 17.3 Å². The Morgan fingerprint density at radius 2 is 1.50 bits per heavy atom. The van der Waals surface area contributed by atoms with Crippen molar-refractivity contribution in [3.05, 3.63) is 48.0 Å². The van der Waals surface area contributed by atoms with Crippen LogP contribution in [0.5, 0.6) is 0 Å². The average molecular weight is 359 g/mol. The number of nitrogens with zero attached hydrogens (tertiary/aromatic N) is 4. The number of rotatable bonds is 2. The average Bonchev–Trinajstić information content (AvgIpc) is 2.71. The molecule has 3 heterocycles. The highest BCUT2D eigenvalue weighted by molar-refractivity contribution is 8.00. The molecule has 5 nitrogen and oxygen atoms in total. The Hall–Kier alpha value is -2.73. The van der Waals surface area contributed by atoms with Crippen molar-refractivity contribution >= 4 is 45.2 Å². The van der Waals surface area contributed by atoms with Gasteiger partial charge in [-0.3, -0.25) is 9.97 Å². The first-order valence-corrected chi connectivity index (χ1v) is 9.61. The van der Waals surface area contributed by atoms with Gasteiger partial charge in [0.05, 0.1) is 27.7 Å². The fourth-order valence-corrected chi connectivity index (χ4v) is 4.31.